The molecular weight excluding hydrogens is 721 g/mol. The number of aromatic hydroxyl groups is 2. The van der Waals surface area contributed by atoms with Gasteiger partial charge in [-0.05, 0) is 60.7 Å². The zero-order valence-corrected chi connectivity index (χ0v) is 30.6. The lowest BCUT2D eigenvalue weighted by molar-refractivity contribution is 0.106. The quantitative estimate of drug-likeness (QED) is 0.149. The molecule has 0 aliphatic carbocycles. The predicted octanol–water partition coefficient (Wildman–Crippen LogP) is 10.1. The lowest BCUT2D eigenvalue weighted by Crippen LogP contribution is -2.11. The fraction of sp³-hybridized carbons (Fsp3) is 0.0435. The van der Waals surface area contributed by atoms with Gasteiger partial charge in [-0.25, -0.2) is 9.98 Å². The third-order valence-corrected chi connectivity index (χ3v) is 10.8. The molecule has 0 amide bonds. The van der Waals surface area contributed by atoms with Crippen molar-refractivity contribution in [3.63, 3.8) is 0 Å². The summed E-state index contributed by atoms with van der Waals surface area (Å²) in [6, 6.07) is 49.2. The fourth-order valence-electron chi connectivity index (χ4n) is 7.08. The van der Waals surface area contributed by atoms with Crippen molar-refractivity contribution in [2.75, 3.05) is 0 Å². The molecule has 0 spiro atoms. The molecule has 0 unspecified atom stereocenters. The second-order valence-corrected chi connectivity index (χ2v) is 14.1. The van der Waals surface area contributed by atoms with Crippen molar-refractivity contribution in [1.82, 2.24) is 9.13 Å². The van der Waals surface area contributed by atoms with Gasteiger partial charge >= 0.3 is 0 Å². The minimum Gasteiger partial charge on any atom is -0.494 e. The maximum absolute atomic E-state index is 12.9. The fourth-order valence-corrected chi connectivity index (χ4v) is 7.97. The van der Waals surface area contributed by atoms with Crippen LogP contribution in [0.1, 0.15) is 31.8 Å². The number of hydrogen-bond acceptors (Lipinski definition) is 8. The molecule has 10 heteroatoms. The zero-order valence-electron chi connectivity index (χ0n) is 29.7. The van der Waals surface area contributed by atoms with E-state index in [2.05, 4.69) is 9.98 Å². The topological polar surface area (TPSA) is 118 Å². The Bertz CT molecular complexity index is 2680. The molecule has 2 aromatic heterocycles. The predicted molar refractivity (Wildman–Crippen MR) is 221 cm³/mol. The summed E-state index contributed by atoms with van der Waals surface area (Å²) in [5.74, 6) is 0.942. The molecule has 4 heterocycles. The number of aliphatic imine (C=N–C) groups is 2. The summed E-state index contributed by atoms with van der Waals surface area (Å²) in [5.41, 5.74) is 5.56. The lowest BCUT2D eigenvalue weighted by Gasteiger charge is -2.09. The molecule has 2 aliphatic heterocycles. The van der Waals surface area contributed by atoms with Crippen LogP contribution in [0.4, 0.5) is 11.4 Å². The van der Waals surface area contributed by atoms with E-state index in [9.17, 15) is 19.8 Å². The van der Waals surface area contributed by atoms with Crippen LogP contribution in [0.3, 0.4) is 0 Å². The first-order valence-corrected chi connectivity index (χ1v) is 18.9. The van der Waals surface area contributed by atoms with Gasteiger partial charge in [-0.1, -0.05) is 97.1 Å². The van der Waals surface area contributed by atoms with Gasteiger partial charge in [0.15, 0.2) is 6.73 Å². The molecule has 6 aromatic carbocycles. The summed E-state index contributed by atoms with van der Waals surface area (Å²) in [5, 5.41) is 23.7. The average molecular weight is 753 g/mol. The molecular formula is C46H32N4O5S. The third kappa shape index (κ3) is 6.11. The molecule has 0 saturated heterocycles. The first-order chi connectivity index (χ1) is 27.5. The van der Waals surface area contributed by atoms with E-state index in [4.69, 9.17) is 4.74 Å². The molecule has 0 bridgehead atoms. The van der Waals surface area contributed by atoms with E-state index in [1.54, 1.807) is 34.5 Å². The van der Waals surface area contributed by atoms with Gasteiger partial charge in [0.05, 0.1) is 39.4 Å². The van der Waals surface area contributed by atoms with E-state index in [1.165, 1.54) is 0 Å². The van der Waals surface area contributed by atoms with Crippen molar-refractivity contribution < 1.29 is 24.5 Å². The Balaban J connectivity index is 0.000000146. The van der Waals surface area contributed by atoms with Gasteiger partial charge in [-0.2, -0.15) is 0 Å². The van der Waals surface area contributed by atoms with E-state index in [1.807, 2.05) is 144 Å². The molecule has 8 aromatic rings. The monoisotopic (exact) mass is 752 g/mol. The number of nitrogens with zero attached hydrogens (tertiary/aromatic N) is 4. The third-order valence-electron chi connectivity index (χ3n) is 9.76. The molecule has 9 nitrogen and oxygen atoms in total. The smallest absolute Gasteiger partial charge is 0.214 e. The molecule has 0 atom stereocenters. The first kappa shape index (κ1) is 34.6. The summed E-state index contributed by atoms with van der Waals surface area (Å²) >= 11 is 1.62. The Kier molecular flexibility index (Phi) is 9.00. The summed E-state index contributed by atoms with van der Waals surface area (Å²) in [4.78, 5) is 36.0. The Morgan fingerprint density at radius 3 is 1.52 bits per heavy atom. The van der Waals surface area contributed by atoms with E-state index >= 15 is 0 Å². The van der Waals surface area contributed by atoms with Gasteiger partial charge in [0.1, 0.15) is 17.2 Å². The highest BCUT2D eigenvalue weighted by Gasteiger charge is 2.32. The van der Waals surface area contributed by atoms with Crippen molar-refractivity contribution in [3.05, 3.63) is 180 Å². The Labute approximate surface area is 325 Å². The Hall–Kier alpha value is -7.17. The molecule has 2 N–H and O–H groups in total. The molecule has 0 saturated carbocycles. The number of aromatic nitrogens is 2. The number of carbonyl (C=O) groups is 2. The number of ketones is 2. The van der Waals surface area contributed by atoms with Crippen molar-refractivity contribution >= 4 is 67.9 Å². The SMILES string of the molecule is O=C1C(c2c(O)n(COc3ccccc3)c3ccccc23)=Nc2ccccc21.O=C1C(c2c(O)n(CSc3ccccc3)c3ccccc23)=Nc2ccccc21. The second kappa shape index (κ2) is 14.6. The summed E-state index contributed by atoms with van der Waals surface area (Å²) in [6.07, 6.45) is 0. The number of thioether (sulfide) groups is 1. The van der Waals surface area contributed by atoms with Crippen molar-refractivity contribution in [2.24, 2.45) is 9.98 Å². The Morgan fingerprint density at radius 1 is 0.518 bits per heavy atom. The van der Waals surface area contributed by atoms with E-state index < -0.39 is 0 Å². The summed E-state index contributed by atoms with van der Waals surface area (Å²) < 4.78 is 9.31. The van der Waals surface area contributed by atoms with Gasteiger partial charge in [-0.15, -0.1) is 11.8 Å². The highest BCUT2D eigenvalue weighted by Crippen LogP contribution is 2.40. The number of Topliss-reactive ketones (excluding diaryl/α,β-unsaturated/α-hetero) is 2. The summed E-state index contributed by atoms with van der Waals surface area (Å²) in [7, 11) is 0. The van der Waals surface area contributed by atoms with Crippen LogP contribution in [0.5, 0.6) is 17.5 Å². The minimum atomic E-state index is -0.183. The van der Waals surface area contributed by atoms with Crippen LogP contribution >= 0.6 is 11.8 Å². The number of hydrogen-bond donors (Lipinski definition) is 2. The molecule has 0 radical (unpaired) electrons. The summed E-state index contributed by atoms with van der Waals surface area (Å²) in [6.45, 7) is 0.116. The maximum atomic E-state index is 12.9. The Morgan fingerprint density at radius 2 is 0.964 bits per heavy atom. The van der Waals surface area contributed by atoms with Gasteiger partial charge in [-0.3, -0.25) is 14.2 Å². The molecule has 2 aliphatic rings. The molecule has 272 valence electrons. The van der Waals surface area contributed by atoms with Gasteiger partial charge in [0.2, 0.25) is 23.3 Å². The van der Waals surface area contributed by atoms with Gasteiger partial charge in [0.25, 0.3) is 0 Å². The number of ether oxygens (including phenoxy) is 1. The van der Waals surface area contributed by atoms with Crippen LogP contribution in [0.2, 0.25) is 0 Å². The number of carbonyl (C=O) groups excluding carboxylic acids is 2. The highest BCUT2D eigenvalue weighted by atomic mass is 32.2. The second-order valence-electron chi connectivity index (χ2n) is 13.1. The number of rotatable bonds is 8. The molecule has 56 heavy (non-hydrogen) atoms. The van der Waals surface area contributed by atoms with Crippen molar-refractivity contribution in [2.45, 2.75) is 17.5 Å². The van der Waals surface area contributed by atoms with Crippen LogP contribution < -0.4 is 4.74 Å². The largest absolute Gasteiger partial charge is 0.494 e. The van der Waals surface area contributed by atoms with E-state index in [0.29, 0.717) is 51.0 Å². The molecule has 0 fully saturated rings. The zero-order chi connectivity index (χ0) is 38.2. The average Bonchev–Trinajstić information content (AvgIpc) is 3.93. The van der Waals surface area contributed by atoms with Crippen LogP contribution in [-0.2, 0) is 12.6 Å². The van der Waals surface area contributed by atoms with Crippen molar-refractivity contribution in [1.29, 1.82) is 0 Å². The van der Waals surface area contributed by atoms with E-state index in [0.717, 1.165) is 26.7 Å². The normalized spacial score (nSPS) is 12.9. The maximum Gasteiger partial charge on any atom is 0.214 e. The first-order valence-electron chi connectivity index (χ1n) is 17.9. The standard InChI is InChI=1S/C23H16N2O3.C23H16N2O2S/c2*26-22-16-10-4-6-12-18(16)24-21(22)20-17-11-5-7-13-19(17)25(23(20)27)14-28-15-8-2-1-3-9-15/h2*1-13,27H,14H2. The number of benzene rings is 6. The van der Waals surface area contributed by atoms with Crippen molar-refractivity contribution in [3.8, 4) is 17.5 Å². The minimum absolute atomic E-state index is 0.0305. The van der Waals surface area contributed by atoms with Crippen LogP contribution in [-0.4, -0.2) is 42.3 Å². The van der Waals surface area contributed by atoms with Crippen LogP contribution in [0.15, 0.2) is 173 Å². The van der Waals surface area contributed by atoms with E-state index in [-0.39, 0.29) is 35.8 Å². The lowest BCUT2D eigenvalue weighted by atomic mass is 10.0. The number of para-hydroxylation sites is 5. The molecule has 10 rings (SSSR count). The number of fused-ring (bicyclic) bond motifs is 4. The van der Waals surface area contributed by atoms with Crippen LogP contribution in [0, 0.1) is 0 Å². The van der Waals surface area contributed by atoms with Gasteiger partial charge < -0.3 is 19.5 Å². The van der Waals surface area contributed by atoms with Crippen LogP contribution in [0.25, 0.3) is 21.8 Å². The highest BCUT2D eigenvalue weighted by molar-refractivity contribution is 7.98. The van der Waals surface area contributed by atoms with Gasteiger partial charge in [0, 0.05) is 26.8 Å².